The number of hydrogen-bond donors (Lipinski definition) is 1. The lowest BCUT2D eigenvalue weighted by Gasteiger charge is -2.33. The average Bonchev–Trinajstić information content (AvgIpc) is 2.85. The average molecular weight is 450 g/mol. The second-order valence-electron chi connectivity index (χ2n) is 7.73. The van der Waals surface area contributed by atoms with Gasteiger partial charge in [0.15, 0.2) is 0 Å². The van der Waals surface area contributed by atoms with E-state index >= 15 is 0 Å². The molecular weight excluding hydrogens is 422 g/mol. The van der Waals surface area contributed by atoms with Gasteiger partial charge in [-0.3, -0.25) is 4.79 Å². The third-order valence-corrected chi connectivity index (χ3v) is 7.66. The van der Waals surface area contributed by atoms with Gasteiger partial charge in [-0.05, 0) is 41.9 Å². The Balaban J connectivity index is 1.55. The molecule has 0 saturated carbocycles. The lowest BCUT2D eigenvalue weighted by atomic mass is 9.99. The van der Waals surface area contributed by atoms with Crippen LogP contribution in [0.5, 0.6) is 0 Å². The fourth-order valence-electron chi connectivity index (χ4n) is 3.92. The van der Waals surface area contributed by atoms with E-state index in [1.54, 1.807) is 24.3 Å². The first-order valence-corrected chi connectivity index (χ1v) is 12.2. The van der Waals surface area contributed by atoms with E-state index in [1.807, 2.05) is 48.5 Å². The van der Waals surface area contributed by atoms with Crippen LogP contribution in [0.4, 0.5) is 5.69 Å². The van der Waals surface area contributed by atoms with E-state index in [1.165, 1.54) is 10.4 Å². The largest absolute Gasteiger partial charge is 0.322 e. The molecule has 32 heavy (non-hydrogen) atoms. The van der Waals surface area contributed by atoms with Crippen LogP contribution in [0.25, 0.3) is 11.1 Å². The van der Waals surface area contributed by atoms with Crippen molar-refractivity contribution in [2.45, 2.75) is 11.8 Å². The third-order valence-electron chi connectivity index (χ3n) is 5.76. The summed E-state index contributed by atoms with van der Waals surface area (Å²) in [6, 6.07) is 23.6. The number of likely N-dealkylation sites (N-methyl/N-ethyl adjacent to an activating group) is 1. The monoisotopic (exact) mass is 449 g/mol. The molecule has 1 heterocycles. The van der Waals surface area contributed by atoms with E-state index in [2.05, 4.69) is 17.1 Å². The van der Waals surface area contributed by atoms with Gasteiger partial charge < -0.3 is 10.2 Å². The quantitative estimate of drug-likeness (QED) is 0.619. The predicted molar refractivity (Wildman–Crippen MR) is 127 cm³/mol. The highest BCUT2D eigenvalue weighted by molar-refractivity contribution is 7.89. The van der Waals surface area contributed by atoms with Gasteiger partial charge in [0, 0.05) is 37.4 Å². The molecule has 0 aliphatic carbocycles. The highest BCUT2D eigenvalue weighted by Gasteiger charge is 2.28. The van der Waals surface area contributed by atoms with Gasteiger partial charge in [0.05, 0.1) is 4.90 Å². The lowest BCUT2D eigenvalue weighted by Crippen LogP contribution is -2.48. The van der Waals surface area contributed by atoms with E-state index in [4.69, 9.17) is 0 Å². The molecule has 4 rings (SSSR count). The van der Waals surface area contributed by atoms with Gasteiger partial charge in [0.25, 0.3) is 5.91 Å². The van der Waals surface area contributed by atoms with Crippen LogP contribution in [-0.4, -0.2) is 56.3 Å². The fraction of sp³-hybridized carbons (Fsp3) is 0.240. The maximum atomic E-state index is 13.1. The summed E-state index contributed by atoms with van der Waals surface area (Å²) in [4.78, 5) is 15.5. The summed E-state index contributed by atoms with van der Waals surface area (Å²) >= 11 is 0. The number of nitrogens with one attached hydrogen (secondary N) is 1. The van der Waals surface area contributed by atoms with Gasteiger partial charge >= 0.3 is 0 Å². The smallest absolute Gasteiger partial charge is 0.256 e. The molecule has 1 saturated heterocycles. The summed E-state index contributed by atoms with van der Waals surface area (Å²) < 4.78 is 27.8. The molecule has 1 fully saturated rings. The number of carbonyl (C=O) groups is 1. The number of piperazine rings is 1. The number of nitrogens with zero attached hydrogens (tertiary/aromatic N) is 2. The van der Waals surface area contributed by atoms with Gasteiger partial charge in [-0.25, -0.2) is 8.42 Å². The SMILES string of the molecule is CCN1CCN(S(=O)(=O)c2cccc(NC(=O)c3ccccc3-c3ccccc3)c2)CC1. The Hall–Kier alpha value is -3.00. The Bertz CT molecular complexity index is 1190. The van der Waals surface area contributed by atoms with Crippen LogP contribution in [0.1, 0.15) is 17.3 Å². The van der Waals surface area contributed by atoms with Crippen LogP contribution in [0.2, 0.25) is 0 Å². The molecule has 0 atom stereocenters. The standard InChI is InChI=1S/C25H27N3O3S/c1-2-27-15-17-28(18-16-27)32(30,31)22-12-8-11-21(19-22)26-25(29)24-14-7-6-13-23(24)20-9-4-3-5-10-20/h3-14,19H,2,15-18H2,1H3,(H,26,29). The van der Waals surface area contributed by atoms with Crippen LogP contribution < -0.4 is 5.32 Å². The summed E-state index contributed by atoms with van der Waals surface area (Å²) in [5, 5.41) is 2.87. The molecule has 1 amide bonds. The van der Waals surface area contributed by atoms with Crippen LogP contribution in [0.3, 0.4) is 0 Å². The zero-order valence-electron chi connectivity index (χ0n) is 18.1. The first kappa shape index (κ1) is 22.2. The molecule has 1 N–H and O–H groups in total. The number of benzene rings is 3. The van der Waals surface area contributed by atoms with Crippen molar-refractivity contribution in [3.05, 3.63) is 84.4 Å². The topological polar surface area (TPSA) is 69.7 Å². The van der Waals surface area contributed by atoms with E-state index in [-0.39, 0.29) is 10.8 Å². The summed E-state index contributed by atoms with van der Waals surface area (Å²) in [6.45, 7) is 5.38. The van der Waals surface area contributed by atoms with E-state index in [0.717, 1.165) is 30.8 Å². The zero-order chi connectivity index (χ0) is 22.6. The highest BCUT2D eigenvalue weighted by Crippen LogP contribution is 2.25. The summed E-state index contributed by atoms with van der Waals surface area (Å²) in [5.41, 5.74) is 2.75. The highest BCUT2D eigenvalue weighted by atomic mass is 32.2. The normalized spacial score (nSPS) is 15.4. The van der Waals surface area contributed by atoms with E-state index in [9.17, 15) is 13.2 Å². The van der Waals surface area contributed by atoms with Gasteiger partial charge in [0.2, 0.25) is 10.0 Å². The second-order valence-corrected chi connectivity index (χ2v) is 9.67. The fourth-order valence-corrected chi connectivity index (χ4v) is 5.39. The van der Waals surface area contributed by atoms with Crippen molar-refractivity contribution >= 4 is 21.6 Å². The molecule has 7 heteroatoms. The van der Waals surface area contributed by atoms with E-state index in [0.29, 0.717) is 24.3 Å². The summed E-state index contributed by atoms with van der Waals surface area (Å²) in [5.74, 6) is -0.282. The lowest BCUT2D eigenvalue weighted by molar-refractivity contribution is 0.102. The third kappa shape index (κ3) is 4.75. The number of rotatable bonds is 6. The minimum absolute atomic E-state index is 0.191. The Morgan fingerprint density at radius 3 is 2.28 bits per heavy atom. The molecule has 1 aliphatic heterocycles. The summed E-state index contributed by atoms with van der Waals surface area (Å²) in [7, 11) is -3.61. The molecule has 0 aromatic heterocycles. The molecular formula is C25H27N3O3S. The van der Waals surface area contributed by atoms with Crippen molar-refractivity contribution < 1.29 is 13.2 Å². The first-order valence-electron chi connectivity index (χ1n) is 10.8. The van der Waals surface area contributed by atoms with Gasteiger partial charge in [-0.2, -0.15) is 4.31 Å². The van der Waals surface area contributed by atoms with Crippen molar-refractivity contribution in [1.82, 2.24) is 9.21 Å². The van der Waals surface area contributed by atoms with Crippen LogP contribution in [0.15, 0.2) is 83.8 Å². The molecule has 166 valence electrons. The molecule has 0 spiro atoms. The first-order chi connectivity index (χ1) is 15.5. The number of sulfonamides is 1. The molecule has 0 radical (unpaired) electrons. The van der Waals surface area contributed by atoms with Gasteiger partial charge in [-0.1, -0.05) is 61.5 Å². The Kier molecular flexibility index (Phi) is 6.69. The van der Waals surface area contributed by atoms with Crippen molar-refractivity contribution in [3.63, 3.8) is 0 Å². The Labute approximate surface area is 189 Å². The van der Waals surface area contributed by atoms with Crippen LogP contribution in [0, 0.1) is 0 Å². The maximum absolute atomic E-state index is 13.1. The Morgan fingerprint density at radius 1 is 0.875 bits per heavy atom. The predicted octanol–water partition coefficient (Wildman–Crippen LogP) is 3.93. The Morgan fingerprint density at radius 2 is 1.56 bits per heavy atom. The van der Waals surface area contributed by atoms with Crippen molar-refractivity contribution in [1.29, 1.82) is 0 Å². The van der Waals surface area contributed by atoms with Crippen molar-refractivity contribution in [2.24, 2.45) is 0 Å². The number of carbonyl (C=O) groups excluding carboxylic acids is 1. The van der Waals surface area contributed by atoms with Crippen LogP contribution >= 0.6 is 0 Å². The second kappa shape index (κ2) is 9.65. The van der Waals surface area contributed by atoms with Gasteiger partial charge in [0.1, 0.15) is 0 Å². The molecule has 3 aromatic rings. The number of hydrogen-bond acceptors (Lipinski definition) is 4. The number of amides is 1. The molecule has 0 bridgehead atoms. The van der Waals surface area contributed by atoms with Crippen molar-refractivity contribution in [3.8, 4) is 11.1 Å². The molecule has 6 nitrogen and oxygen atoms in total. The molecule has 0 unspecified atom stereocenters. The number of anilines is 1. The molecule has 3 aromatic carbocycles. The van der Waals surface area contributed by atoms with Gasteiger partial charge in [-0.15, -0.1) is 0 Å². The molecule has 1 aliphatic rings. The van der Waals surface area contributed by atoms with E-state index < -0.39 is 10.0 Å². The van der Waals surface area contributed by atoms with Crippen molar-refractivity contribution in [2.75, 3.05) is 38.0 Å². The zero-order valence-corrected chi connectivity index (χ0v) is 18.9. The van der Waals surface area contributed by atoms with Crippen LogP contribution in [-0.2, 0) is 10.0 Å². The minimum atomic E-state index is -3.61. The maximum Gasteiger partial charge on any atom is 0.256 e. The summed E-state index contributed by atoms with van der Waals surface area (Å²) in [6.07, 6.45) is 0. The minimum Gasteiger partial charge on any atom is -0.322 e.